The van der Waals surface area contributed by atoms with Gasteiger partial charge >= 0.3 is 0 Å². The minimum absolute atomic E-state index is 0.0368. The zero-order chi connectivity index (χ0) is 25.0. The molecule has 0 radical (unpaired) electrons. The van der Waals surface area contributed by atoms with Gasteiger partial charge in [-0.15, -0.1) is 11.8 Å². The maximum atomic E-state index is 13.4. The molecule has 6 rings (SSSR count). The normalized spacial score (nSPS) is 31.9. The van der Waals surface area contributed by atoms with Crippen LogP contribution in [0.25, 0.3) is 0 Å². The minimum atomic E-state index is -0.739. The van der Waals surface area contributed by atoms with Crippen LogP contribution in [0.4, 0.5) is 0 Å². The Kier molecular flexibility index (Phi) is 6.62. The Morgan fingerprint density at radius 1 is 1.20 bits per heavy atom. The molecular formula is C26H39N3O5S. The van der Waals surface area contributed by atoms with Crippen LogP contribution in [0.2, 0.25) is 0 Å². The molecule has 0 aromatic carbocycles. The fourth-order valence-electron chi connectivity index (χ4n) is 6.52. The molecule has 1 heterocycles. The van der Waals surface area contributed by atoms with Crippen molar-refractivity contribution in [1.82, 2.24) is 15.8 Å². The van der Waals surface area contributed by atoms with Gasteiger partial charge in [0.15, 0.2) is 0 Å². The topological polar surface area (TPSA) is 114 Å². The summed E-state index contributed by atoms with van der Waals surface area (Å²) in [5.41, 5.74) is -1.28. The van der Waals surface area contributed by atoms with Crippen LogP contribution in [-0.2, 0) is 4.79 Å². The molecule has 0 saturated heterocycles. The average molecular weight is 506 g/mol. The van der Waals surface area contributed by atoms with Crippen LogP contribution >= 0.6 is 11.8 Å². The zero-order valence-corrected chi connectivity index (χ0v) is 22.1. The van der Waals surface area contributed by atoms with Gasteiger partial charge in [0.05, 0.1) is 11.0 Å². The van der Waals surface area contributed by atoms with Crippen LogP contribution in [0, 0.1) is 23.2 Å². The van der Waals surface area contributed by atoms with Crippen LogP contribution in [0.15, 0.2) is 9.42 Å². The van der Waals surface area contributed by atoms with Gasteiger partial charge in [0, 0.05) is 17.3 Å². The Morgan fingerprint density at radius 3 is 2.46 bits per heavy atom. The third-order valence-electron chi connectivity index (χ3n) is 8.34. The largest absolute Gasteiger partial charge is 0.474 e. The third kappa shape index (κ3) is 5.08. The van der Waals surface area contributed by atoms with Crippen molar-refractivity contribution in [3.63, 3.8) is 0 Å². The summed E-state index contributed by atoms with van der Waals surface area (Å²) in [5, 5.41) is 21.4. The van der Waals surface area contributed by atoms with E-state index in [4.69, 9.17) is 9.26 Å². The maximum Gasteiger partial charge on any atom is 0.291 e. The molecule has 0 aliphatic heterocycles. The lowest BCUT2D eigenvalue weighted by atomic mass is 9.52. The van der Waals surface area contributed by atoms with E-state index in [1.165, 1.54) is 11.8 Å². The monoisotopic (exact) mass is 505 g/mol. The molecule has 1 aromatic rings. The Bertz CT molecular complexity index is 956. The van der Waals surface area contributed by atoms with Crippen molar-refractivity contribution in [3.05, 3.63) is 5.76 Å². The van der Waals surface area contributed by atoms with Crippen molar-refractivity contribution >= 4 is 23.6 Å². The number of aliphatic hydroxyl groups is 1. The lowest BCUT2D eigenvalue weighted by Gasteiger charge is -2.58. The number of carbonyl (C=O) groups excluding carboxylic acids is 2. The van der Waals surface area contributed by atoms with Gasteiger partial charge in [0.1, 0.15) is 11.5 Å². The van der Waals surface area contributed by atoms with Gasteiger partial charge in [0.2, 0.25) is 11.7 Å². The van der Waals surface area contributed by atoms with Gasteiger partial charge in [-0.2, -0.15) is 0 Å². The second-order valence-corrected chi connectivity index (χ2v) is 13.9. The molecular weight excluding hydrogens is 466 g/mol. The number of ether oxygens (including phenoxy) is 1. The van der Waals surface area contributed by atoms with Gasteiger partial charge < -0.3 is 25.0 Å². The maximum absolute atomic E-state index is 13.4. The number of nitrogens with zero attached hydrogens (tertiary/aromatic N) is 1. The highest BCUT2D eigenvalue weighted by atomic mass is 32.2. The number of rotatable bonds is 9. The van der Waals surface area contributed by atoms with E-state index < -0.39 is 11.0 Å². The molecule has 5 fully saturated rings. The Hall–Kier alpha value is -1.74. The standard InChI is InChI=1S/C26H39N3O5S/c1-14(2)35-21-20(22(30)28-19-16-8-15-9-17(19)12-26(32,10-15)11-16)34-29-23(21)33-13-25(3,4)24(31)27-18-6-5-7-18/h14-19,32H,5-13H2,1-4H3,(H,27,31)(H,28,30)/t15?,16?,17?,19-,26-. The second-order valence-electron chi connectivity index (χ2n) is 12.3. The van der Waals surface area contributed by atoms with Crippen molar-refractivity contribution in [3.8, 4) is 5.88 Å². The van der Waals surface area contributed by atoms with Gasteiger partial charge in [0.25, 0.3) is 11.8 Å². The van der Waals surface area contributed by atoms with Crippen molar-refractivity contribution < 1.29 is 24.0 Å². The molecule has 2 amide bonds. The van der Waals surface area contributed by atoms with Crippen LogP contribution in [-0.4, -0.2) is 51.6 Å². The summed E-state index contributed by atoms with van der Waals surface area (Å²) in [7, 11) is 0. The predicted molar refractivity (Wildman–Crippen MR) is 132 cm³/mol. The highest BCUT2D eigenvalue weighted by Crippen LogP contribution is 2.55. The number of thioether (sulfide) groups is 1. The minimum Gasteiger partial charge on any atom is -0.474 e. The van der Waals surface area contributed by atoms with E-state index >= 15 is 0 Å². The predicted octanol–water partition coefficient (Wildman–Crippen LogP) is 3.92. The Labute approximate surface area is 211 Å². The summed E-state index contributed by atoms with van der Waals surface area (Å²) in [6.45, 7) is 7.92. The van der Waals surface area contributed by atoms with Gasteiger partial charge in [-0.1, -0.05) is 13.8 Å². The van der Waals surface area contributed by atoms with E-state index in [9.17, 15) is 14.7 Å². The first-order valence-corrected chi connectivity index (χ1v) is 14.0. The summed E-state index contributed by atoms with van der Waals surface area (Å²) < 4.78 is 11.5. The summed E-state index contributed by atoms with van der Waals surface area (Å²) >= 11 is 1.48. The molecule has 2 unspecified atom stereocenters. The Balaban J connectivity index is 1.27. The molecule has 5 aliphatic carbocycles. The lowest BCUT2D eigenvalue weighted by molar-refractivity contribution is -0.137. The summed E-state index contributed by atoms with van der Waals surface area (Å²) in [4.78, 5) is 26.6. The number of aromatic nitrogens is 1. The molecule has 1 aromatic heterocycles. The molecule has 5 aliphatic rings. The van der Waals surface area contributed by atoms with Crippen molar-refractivity contribution in [1.29, 1.82) is 0 Å². The summed E-state index contributed by atoms with van der Waals surface area (Å²) in [6.07, 6.45) is 7.80. The van der Waals surface area contributed by atoms with E-state index in [0.29, 0.717) is 22.6 Å². The van der Waals surface area contributed by atoms with Crippen molar-refractivity contribution in [2.75, 3.05) is 6.61 Å². The van der Waals surface area contributed by atoms with E-state index in [1.54, 1.807) is 0 Å². The molecule has 4 bridgehead atoms. The molecule has 194 valence electrons. The SMILES string of the molecule is CC(C)Sc1c(OCC(C)(C)C(=O)NC2CCC2)noc1C(=O)N[C@H]1C2CC3CC1C[C@](O)(C3)C2. The van der Waals surface area contributed by atoms with E-state index in [0.717, 1.165) is 51.4 Å². The van der Waals surface area contributed by atoms with E-state index in [-0.39, 0.29) is 47.4 Å². The number of amides is 2. The summed E-state index contributed by atoms with van der Waals surface area (Å²) in [6, 6.07) is 0.321. The third-order valence-corrected chi connectivity index (χ3v) is 9.41. The summed E-state index contributed by atoms with van der Waals surface area (Å²) in [5.74, 6) is 1.32. The number of hydrogen-bond acceptors (Lipinski definition) is 7. The zero-order valence-electron chi connectivity index (χ0n) is 21.3. The molecule has 8 nitrogen and oxygen atoms in total. The molecule has 0 spiro atoms. The smallest absolute Gasteiger partial charge is 0.291 e. The molecule has 3 N–H and O–H groups in total. The highest BCUT2D eigenvalue weighted by Gasteiger charge is 2.55. The van der Waals surface area contributed by atoms with Crippen LogP contribution in [0.5, 0.6) is 5.88 Å². The molecule has 35 heavy (non-hydrogen) atoms. The quantitative estimate of drug-likeness (QED) is 0.436. The first-order chi connectivity index (χ1) is 16.5. The number of nitrogens with one attached hydrogen (secondary N) is 2. The van der Waals surface area contributed by atoms with Crippen molar-refractivity contribution in [2.24, 2.45) is 23.2 Å². The Morgan fingerprint density at radius 2 is 1.89 bits per heavy atom. The molecule has 9 heteroatoms. The first-order valence-electron chi connectivity index (χ1n) is 13.2. The fraction of sp³-hybridized carbons (Fsp3) is 0.808. The molecule has 2 atom stereocenters. The van der Waals surface area contributed by atoms with E-state index in [2.05, 4.69) is 15.8 Å². The highest BCUT2D eigenvalue weighted by molar-refractivity contribution is 8.00. The number of carbonyl (C=O) groups is 2. The fourth-order valence-corrected chi connectivity index (χ4v) is 7.43. The van der Waals surface area contributed by atoms with E-state index in [1.807, 2.05) is 27.7 Å². The van der Waals surface area contributed by atoms with Gasteiger partial charge in [-0.3, -0.25) is 9.59 Å². The van der Waals surface area contributed by atoms with Gasteiger partial charge in [-0.25, -0.2) is 0 Å². The first kappa shape index (κ1) is 24.9. The average Bonchev–Trinajstić information content (AvgIpc) is 3.12. The van der Waals surface area contributed by atoms with Crippen LogP contribution in [0.3, 0.4) is 0 Å². The number of hydrogen-bond donors (Lipinski definition) is 3. The van der Waals surface area contributed by atoms with Crippen LogP contribution in [0.1, 0.15) is 89.6 Å². The van der Waals surface area contributed by atoms with Gasteiger partial charge in [-0.05, 0) is 88.1 Å². The molecule has 5 saturated carbocycles. The van der Waals surface area contributed by atoms with Crippen molar-refractivity contribution in [2.45, 2.75) is 107 Å². The second kappa shape index (κ2) is 9.29. The lowest BCUT2D eigenvalue weighted by Crippen LogP contribution is -2.61. The van der Waals surface area contributed by atoms with Crippen LogP contribution < -0.4 is 15.4 Å².